The second-order valence-electron chi connectivity index (χ2n) is 5.20. The number of benzene rings is 1. The maximum absolute atomic E-state index is 3.67. The van der Waals surface area contributed by atoms with E-state index in [1.807, 2.05) is 11.3 Å². The summed E-state index contributed by atoms with van der Waals surface area (Å²) >= 11 is 5.48. The molecule has 0 spiro atoms. The van der Waals surface area contributed by atoms with E-state index in [1.54, 1.807) is 0 Å². The van der Waals surface area contributed by atoms with Crippen LogP contribution in [0.3, 0.4) is 0 Å². The molecule has 2 aromatic rings. The Hall–Kier alpha value is -0.680. The van der Waals surface area contributed by atoms with Crippen molar-refractivity contribution in [2.75, 3.05) is 19.6 Å². The molecule has 0 saturated carbocycles. The minimum absolute atomic E-state index is 0.442. The summed E-state index contributed by atoms with van der Waals surface area (Å²) in [6.45, 7) is 4.39. The molecule has 1 aromatic heterocycles. The number of nitrogens with zero attached hydrogens (tertiary/aromatic N) is 1. The Labute approximate surface area is 132 Å². The smallest absolute Gasteiger partial charge is 0.0449 e. The minimum Gasteiger partial charge on any atom is -0.309 e. The summed E-state index contributed by atoms with van der Waals surface area (Å²) in [5, 5.41) is 5.83. The van der Waals surface area contributed by atoms with Crippen LogP contribution in [0.2, 0.25) is 0 Å². The zero-order valence-electron chi connectivity index (χ0n) is 11.4. The first-order valence-corrected chi connectivity index (χ1v) is 8.73. The molecule has 3 rings (SSSR count). The van der Waals surface area contributed by atoms with Gasteiger partial charge in [-0.1, -0.05) is 30.3 Å². The lowest BCUT2D eigenvalue weighted by Gasteiger charge is -2.24. The number of thiophene rings is 1. The Kier molecular flexibility index (Phi) is 4.89. The number of rotatable bonds is 3. The minimum atomic E-state index is 0.442. The predicted octanol–water partition coefficient (Wildman–Crippen LogP) is 4.05. The van der Waals surface area contributed by atoms with E-state index in [2.05, 4.69) is 67.9 Å². The molecule has 0 amide bonds. The zero-order chi connectivity index (χ0) is 13.8. The molecule has 1 aliphatic rings. The van der Waals surface area contributed by atoms with Crippen LogP contribution in [-0.4, -0.2) is 24.5 Å². The number of hydrogen-bond donors (Lipinski definition) is 1. The van der Waals surface area contributed by atoms with E-state index >= 15 is 0 Å². The fourth-order valence-electron chi connectivity index (χ4n) is 2.69. The van der Waals surface area contributed by atoms with Crippen LogP contribution in [0.25, 0.3) is 0 Å². The van der Waals surface area contributed by atoms with Gasteiger partial charge in [0.15, 0.2) is 0 Å². The molecule has 0 bridgehead atoms. The summed E-state index contributed by atoms with van der Waals surface area (Å²) in [5.74, 6) is 0. The Morgan fingerprint density at radius 3 is 2.85 bits per heavy atom. The van der Waals surface area contributed by atoms with Crippen LogP contribution in [0.1, 0.15) is 22.9 Å². The summed E-state index contributed by atoms with van der Waals surface area (Å²) in [6, 6.07) is 13.4. The van der Waals surface area contributed by atoms with Crippen LogP contribution in [0, 0.1) is 0 Å². The van der Waals surface area contributed by atoms with Crippen LogP contribution in [-0.2, 0) is 6.54 Å². The normalized spacial score (nSPS) is 20.8. The summed E-state index contributed by atoms with van der Waals surface area (Å²) in [5.41, 5.74) is 1.39. The van der Waals surface area contributed by atoms with E-state index < -0.39 is 0 Å². The molecule has 1 fully saturated rings. The Balaban J connectivity index is 1.71. The average Bonchev–Trinajstić information content (AvgIpc) is 2.75. The highest BCUT2D eigenvalue weighted by Gasteiger charge is 2.19. The average molecular weight is 351 g/mol. The van der Waals surface area contributed by atoms with E-state index in [0.717, 1.165) is 19.6 Å². The van der Waals surface area contributed by atoms with E-state index in [1.165, 1.54) is 27.9 Å². The topological polar surface area (TPSA) is 15.3 Å². The van der Waals surface area contributed by atoms with Crippen molar-refractivity contribution >= 4 is 27.3 Å². The molecule has 1 unspecified atom stereocenters. The number of nitrogens with one attached hydrogen (secondary N) is 1. The lowest BCUT2D eigenvalue weighted by atomic mass is 10.1. The monoisotopic (exact) mass is 350 g/mol. The molecule has 106 valence electrons. The van der Waals surface area contributed by atoms with Gasteiger partial charge in [0.05, 0.1) is 0 Å². The largest absolute Gasteiger partial charge is 0.309 e. The Morgan fingerprint density at radius 1 is 1.25 bits per heavy atom. The standard InChI is InChI=1S/C16H19BrN2S/c17-14-7-10-20-16(14)12-19-9-4-8-18-15(11-19)13-5-2-1-3-6-13/h1-3,5-7,10,15,18H,4,8-9,11-12H2. The molecule has 1 saturated heterocycles. The Bertz CT molecular complexity index is 540. The summed E-state index contributed by atoms with van der Waals surface area (Å²) in [7, 11) is 0. The molecular weight excluding hydrogens is 332 g/mol. The van der Waals surface area contributed by atoms with Gasteiger partial charge in [-0.2, -0.15) is 0 Å². The van der Waals surface area contributed by atoms with Crippen molar-refractivity contribution in [1.29, 1.82) is 0 Å². The third kappa shape index (κ3) is 3.50. The molecule has 0 aliphatic carbocycles. The van der Waals surface area contributed by atoms with Crippen LogP contribution in [0.4, 0.5) is 0 Å². The van der Waals surface area contributed by atoms with E-state index in [0.29, 0.717) is 6.04 Å². The maximum Gasteiger partial charge on any atom is 0.0449 e. The highest BCUT2D eigenvalue weighted by atomic mass is 79.9. The van der Waals surface area contributed by atoms with Crippen LogP contribution >= 0.6 is 27.3 Å². The van der Waals surface area contributed by atoms with E-state index in [9.17, 15) is 0 Å². The van der Waals surface area contributed by atoms with Crippen LogP contribution < -0.4 is 5.32 Å². The number of halogens is 1. The molecule has 4 heteroatoms. The summed E-state index contributed by atoms with van der Waals surface area (Å²) < 4.78 is 1.25. The lowest BCUT2D eigenvalue weighted by Crippen LogP contribution is -2.30. The van der Waals surface area contributed by atoms with Crippen molar-refractivity contribution in [3.8, 4) is 0 Å². The second kappa shape index (κ2) is 6.85. The van der Waals surface area contributed by atoms with E-state index in [-0.39, 0.29) is 0 Å². The first-order valence-electron chi connectivity index (χ1n) is 7.05. The summed E-state index contributed by atoms with van der Waals surface area (Å²) in [4.78, 5) is 3.99. The lowest BCUT2D eigenvalue weighted by molar-refractivity contribution is 0.262. The van der Waals surface area contributed by atoms with Gasteiger partial charge in [-0.05, 0) is 52.5 Å². The second-order valence-corrected chi connectivity index (χ2v) is 7.05. The fourth-order valence-corrected chi connectivity index (χ4v) is 4.21. The molecule has 2 nitrogen and oxygen atoms in total. The molecule has 2 heterocycles. The van der Waals surface area contributed by atoms with Crippen molar-refractivity contribution in [3.63, 3.8) is 0 Å². The molecule has 1 N–H and O–H groups in total. The van der Waals surface area contributed by atoms with Crippen molar-refractivity contribution < 1.29 is 0 Å². The van der Waals surface area contributed by atoms with Gasteiger partial charge < -0.3 is 5.32 Å². The molecule has 1 atom stereocenters. The first kappa shape index (κ1) is 14.3. The third-order valence-corrected chi connectivity index (χ3v) is 5.65. The van der Waals surface area contributed by atoms with Gasteiger partial charge >= 0.3 is 0 Å². The third-order valence-electron chi connectivity index (χ3n) is 3.74. The van der Waals surface area contributed by atoms with Gasteiger partial charge in [-0.15, -0.1) is 11.3 Å². The van der Waals surface area contributed by atoms with Crippen LogP contribution in [0.5, 0.6) is 0 Å². The van der Waals surface area contributed by atoms with Gasteiger partial charge in [0, 0.05) is 28.5 Å². The SMILES string of the molecule is Brc1ccsc1CN1CCCNC(c2ccccc2)C1. The predicted molar refractivity (Wildman–Crippen MR) is 89.1 cm³/mol. The number of hydrogen-bond acceptors (Lipinski definition) is 3. The first-order chi connectivity index (χ1) is 9.83. The van der Waals surface area contributed by atoms with Crippen LogP contribution in [0.15, 0.2) is 46.3 Å². The summed E-state index contributed by atoms with van der Waals surface area (Å²) in [6.07, 6.45) is 1.21. The highest BCUT2D eigenvalue weighted by Crippen LogP contribution is 2.26. The molecule has 1 aliphatic heterocycles. The molecule has 20 heavy (non-hydrogen) atoms. The van der Waals surface area contributed by atoms with Gasteiger partial charge in [-0.25, -0.2) is 0 Å². The maximum atomic E-state index is 3.67. The van der Waals surface area contributed by atoms with Gasteiger partial charge in [0.1, 0.15) is 0 Å². The zero-order valence-corrected chi connectivity index (χ0v) is 13.8. The molecule has 1 aromatic carbocycles. The van der Waals surface area contributed by atoms with Crippen molar-refractivity contribution in [2.45, 2.75) is 19.0 Å². The fraction of sp³-hybridized carbons (Fsp3) is 0.375. The van der Waals surface area contributed by atoms with E-state index in [4.69, 9.17) is 0 Å². The van der Waals surface area contributed by atoms with Gasteiger partial charge in [-0.3, -0.25) is 4.90 Å². The quantitative estimate of drug-likeness (QED) is 0.898. The van der Waals surface area contributed by atoms with Crippen molar-refractivity contribution in [3.05, 3.63) is 56.7 Å². The molecule has 0 radical (unpaired) electrons. The van der Waals surface area contributed by atoms with Crippen molar-refractivity contribution in [2.24, 2.45) is 0 Å². The molecular formula is C16H19BrN2S. The van der Waals surface area contributed by atoms with Crippen molar-refractivity contribution in [1.82, 2.24) is 10.2 Å². The highest BCUT2D eigenvalue weighted by molar-refractivity contribution is 9.10. The Morgan fingerprint density at radius 2 is 2.10 bits per heavy atom. The van der Waals surface area contributed by atoms with Gasteiger partial charge in [0.2, 0.25) is 0 Å². The van der Waals surface area contributed by atoms with Gasteiger partial charge in [0.25, 0.3) is 0 Å².